The van der Waals surface area contributed by atoms with Gasteiger partial charge in [-0.1, -0.05) is 19.3 Å². The fourth-order valence-corrected chi connectivity index (χ4v) is 3.70. The zero-order chi connectivity index (χ0) is 12.1. The van der Waals surface area contributed by atoms with Crippen molar-refractivity contribution >= 4 is 0 Å². The summed E-state index contributed by atoms with van der Waals surface area (Å²) in [5.74, 6) is 0. The fraction of sp³-hybridized carbons (Fsp3) is 1.00. The highest BCUT2D eigenvalue weighted by molar-refractivity contribution is 5.08. The van der Waals surface area contributed by atoms with Gasteiger partial charge in [0.25, 0.3) is 0 Å². The summed E-state index contributed by atoms with van der Waals surface area (Å²) < 4.78 is 11.1. The number of methoxy groups -OCH3 is 1. The van der Waals surface area contributed by atoms with Crippen LogP contribution in [0.5, 0.6) is 0 Å². The van der Waals surface area contributed by atoms with E-state index in [1.54, 1.807) is 7.11 Å². The molecule has 0 saturated heterocycles. The lowest BCUT2D eigenvalue weighted by molar-refractivity contribution is -0.152. The van der Waals surface area contributed by atoms with Gasteiger partial charge >= 0.3 is 0 Å². The summed E-state index contributed by atoms with van der Waals surface area (Å²) in [6.07, 6.45) is 9.61. The van der Waals surface area contributed by atoms with Gasteiger partial charge < -0.3 is 14.8 Å². The van der Waals surface area contributed by atoms with Crippen molar-refractivity contribution in [3.8, 4) is 0 Å². The van der Waals surface area contributed by atoms with Crippen LogP contribution in [-0.2, 0) is 9.47 Å². The van der Waals surface area contributed by atoms with Gasteiger partial charge in [0.1, 0.15) is 0 Å². The SMILES string of the molecule is CNC1CC(OCCCOC)C12CCCCC2. The van der Waals surface area contributed by atoms with Gasteiger partial charge in [-0.15, -0.1) is 0 Å². The van der Waals surface area contributed by atoms with E-state index in [2.05, 4.69) is 12.4 Å². The van der Waals surface area contributed by atoms with E-state index in [0.29, 0.717) is 17.6 Å². The van der Waals surface area contributed by atoms with E-state index in [-0.39, 0.29) is 0 Å². The van der Waals surface area contributed by atoms with Crippen LogP contribution in [0.4, 0.5) is 0 Å². The molecule has 0 aromatic carbocycles. The fourth-order valence-electron chi connectivity index (χ4n) is 3.70. The normalized spacial score (nSPS) is 31.4. The van der Waals surface area contributed by atoms with Crippen molar-refractivity contribution in [2.24, 2.45) is 5.41 Å². The molecule has 3 heteroatoms. The van der Waals surface area contributed by atoms with Gasteiger partial charge in [-0.25, -0.2) is 0 Å². The van der Waals surface area contributed by atoms with E-state index in [4.69, 9.17) is 9.47 Å². The van der Waals surface area contributed by atoms with E-state index < -0.39 is 0 Å². The summed E-state index contributed by atoms with van der Waals surface area (Å²) in [5, 5.41) is 3.49. The Bertz CT molecular complexity index is 226. The summed E-state index contributed by atoms with van der Waals surface area (Å²) >= 11 is 0. The molecule has 2 aliphatic carbocycles. The van der Waals surface area contributed by atoms with Crippen molar-refractivity contribution in [2.45, 2.75) is 57.1 Å². The molecule has 0 bridgehead atoms. The highest BCUT2D eigenvalue weighted by atomic mass is 16.5. The molecule has 1 spiro atoms. The number of rotatable bonds is 6. The summed E-state index contributed by atoms with van der Waals surface area (Å²) in [6, 6.07) is 0.690. The van der Waals surface area contributed by atoms with Crippen molar-refractivity contribution in [1.29, 1.82) is 0 Å². The third-order valence-electron chi connectivity index (χ3n) is 4.73. The minimum absolute atomic E-state index is 0.458. The number of ether oxygens (including phenoxy) is 2. The molecule has 0 aromatic rings. The molecular weight excluding hydrogens is 214 g/mol. The first kappa shape index (κ1) is 13.3. The predicted molar refractivity (Wildman–Crippen MR) is 69.2 cm³/mol. The second kappa shape index (κ2) is 6.17. The van der Waals surface area contributed by atoms with Gasteiger partial charge in [0.2, 0.25) is 0 Å². The zero-order valence-electron chi connectivity index (χ0n) is 11.3. The molecule has 2 aliphatic rings. The van der Waals surface area contributed by atoms with E-state index in [1.165, 1.54) is 38.5 Å². The summed E-state index contributed by atoms with van der Waals surface area (Å²) in [7, 11) is 3.85. The molecule has 17 heavy (non-hydrogen) atoms. The average molecular weight is 241 g/mol. The topological polar surface area (TPSA) is 30.5 Å². The van der Waals surface area contributed by atoms with Crippen LogP contribution in [0.3, 0.4) is 0 Å². The third kappa shape index (κ3) is 2.67. The van der Waals surface area contributed by atoms with Crippen LogP contribution >= 0.6 is 0 Å². The van der Waals surface area contributed by atoms with Crippen LogP contribution in [0.1, 0.15) is 44.9 Å². The molecule has 0 radical (unpaired) electrons. The number of nitrogens with one attached hydrogen (secondary N) is 1. The minimum Gasteiger partial charge on any atom is -0.385 e. The van der Waals surface area contributed by atoms with E-state index in [1.807, 2.05) is 0 Å². The third-order valence-corrected chi connectivity index (χ3v) is 4.73. The second-order valence-corrected chi connectivity index (χ2v) is 5.58. The number of hydrogen-bond acceptors (Lipinski definition) is 3. The Morgan fingerprint density at radius 1 is 1.18 bits per heavy atom. The maximum absolute atomic E-state index is 6.09. The average Bonchev–Trinajstić information content (AvgIpc) is 2.38. The van der Waals surface area contributed by atoms with E-state index in [9.17, 15) is 0 Å². The molecule has 2 fully saturated rings. The van der Waals surface area contributed by atoms with Crippen molar-refractivity contribution in [3.05, 3.63) is 0 Å². The van der Waals surface area contributed by atoms with Gasteiger partial charge in [-0.05, 0) is 32.7 Å². The maximum atomic E-state index is 6.09. The lowest BCUT2D eigenvalue weighted by atomic mass is 9.55. The Labute approximate surface area is 105 Å². The number of hydrogen-bond donors (Lipinski definition) is 1. The summed E-state index contributed by atoms with van der Waals surface area (Å²) in [5.41, 5.74) is 0.458. The van der Waals surface area contributed by atoms with Gasteiger partial charge in [-0.2, -0.15) is 0 Å². The molecule has 100 valence electrons. The lowest BCUT2D eigenvalue weighted by Gasteiger charge is -2.57. The van der Waals surface area contributed by atoms with Crippen LogP contribution in [0.2, 0.25) is 0 Å². The highest BCUT2D eigenvalue weighted by Crippen LogP contribution is 2.53. The zero-order valence-corrected chi connectivity index (χ0v) is 11.3. The monoisotopic (exact) mass is 241 g/mol. The molecular formula is C14H27NO2. The summed E-state index contributed by atoms with van der Waals surface area (Å²) in [6.45, 7) is 1.67. The molecule has 0 aliphatic heterocycles. The molecule has 3 nitrogen and oxygen atoms in total. The van der Waals surface area contributed by atoms with E-state index >= 15 is 0 Å². The van der Waals surface area contributed by atoms with Crippen molar-refractivity contribution in [3.63, 3.8) is 0 Å². The smallest absolute Gasteiger partial charge is 0.0661 e. The molecule has 2 rings (SSSR count). The Balaban J connectivity index is 1.81. The van der Waals surface area contributed by atoms with Crippen molar-refractivity contribution < 1.29 is 9.47 Å². The van der Waals surface area contributed by atoms with Crippen LogP contribution < -0.4 is 5.32 Å². The predicted octanol–water partition coefficient (Wildman–Crippen LogP) is 2.35. The highest BCUT2D eigenvalue weighted by Gasteiger charge is 2.54. The van der Waals surface area contributed by atoms with Crippen LogP contribution in [0, 0.1) is 5.41 Å². The molecule has 2 unspecified atom stereocenters. The Hall–Kier alpha value is -0.120. The Morgan fingerprint density at radius 3 is 2.59 bits per heavy atom. The molecule has 2 saturated carbocycles. The molecule has 0 heterocycles. The quantitative estimate of drug-likeness (QED) is 0.724. The maximum Gasteiger partial charge on any atom is 0.0661 e. The Kier molecular flexibility index (Phi) is 4.83. The van der Waals surface area contributed by atoms with Crippen LogP contribution in [0.25, 0.3) is 0 Å². The molecule has 0 amide bonds. The second-order valence-electron chi connectivity index (χ2n) is 5.58. The molecule has 0 aromatic heterocycles. The first-order valence-corrected chi connectivity index (χ1v) is 7.11. The first-order chi connectivity index (χ1) is 8.33. The van der Waals surface area contributed by atoms with Crippen LogP contribution in [-0.4, -0.2) is 39.5 Å². The van der Waals surface area contributed by atoms with Gasteiger partial charge in [0.05, 0.1) is 6.10 Å². The van der Waals surface area contributed by atoms with Crippen molar-refractivity contribution in [2.75, 3.05) is 27.4 Å². The Morgan fingerprint density at radius 2 is 1.94 bits per heavy atom. The standard InChI is InChI=1S/C14H27NO2/c1-15-12-11-13(17-10-6-9-16-2)14(12)7-4-3-5-8-14/h12-13,15H,3-11H2,1-2H3. The molecule has 2 atom stereocenters. The van der Waals surface area contributed by atoms with Gasteiger partial charge in [0, 0.05) is 31.8 Å². The lowest BCUT2D eigenvalue weighted by Crippen LogP contribution is -2.63. The van der Waals surface area contributed by atoms with Gasteiger partial charge in [-0.3, -0.25) is 0 Å². The molecule has 1 N–H and O–H groups in total. The van der Waals surface area contributed by atoms with E-state index in [0.717, 1.165) is 19.6 Å². The van der Waals surface area contributed by atoms with Gasteiger partial charge in [0.15, 0.2) is 0 Å². The van der Waals surface area contributed by atoms with Crippen LogP contribution in [0.15, 0.2) is 0 Å². The first-order valence-electron chi connectivity index (χ1n) is 7.11. The van der Waals surface area contributed by atoms with Crippen molar-refractivity contribution in [1.82, 2.24) is 5.32 Å². The minimum atomic E-state index is 0.458. The summed E-state index contributed by atoms with van der Waals surface area (Å²) in [4.78, 5) is 0. The largest absolute Gasteiger partial charge is 0.385 e.